The number of esters is 1. The highest BCUT2D eigenvalue weighted by molar-refractivity contribution is 5.69. The van der Waals surface area contributed by atoms with E-state index in [0.29, 0.717) is 6.42 Å². The lowest BCUT2D eigenvalue weighted by atomic mass is 9.70. The van der Waals surface area contributed by atoms with Gasteiger partial charge in [-0.25, -0.2) is 0 Å². The van der Waals surface area contributed by atoms with Crippen LogP contribution in [0.4, 0.5) is 0 Å². The molecule has 0 N–H and O–H groups in total. The smallest absolute Gasteiger partial charge is 0.306 e. The van der Waals surface area contributed by atoms with Gasteiger partial charge in [-0.1, -0.05) is 39.5 Å². The molecular weight excluding hydrogens is 260 g/mol. The third-order valence-electron chi connectivity index (χ3n) is 5.73. The van der Waals surface area contributed by atoms with Gasteiger partial charge in [-0.3, -0.25) is 4.79 Å². The molecule has 2 heteroatoms. The Morgan fingerprint density at radius 3 is 1.95 bits per heavy atom. The Morgan fingerprint density at radius 1 is 0.857 bits per heavy atom. The van der Waals surface area contributed by atoms with Crippen LogP contribution in [-0.4, -0.2) is 12.1 Å². The molecule has 0 aromatic rings. The van der Waals surface area contributed by atoms with Gasteiger partial charge in [-0.2, -0.15) is 0 Å². The van der Waals surface area contributed by atoms with Gasteiger partial charge in [0.15, 0.2) is 0 Å². The first kappa shape index (κ1) is 16.8. The summed E-state index contributed by atoms with van der Waals surface area (Å²) in [6.07, 6.45) is 15.1. The summed E-state index contributed by atoms with van der Waals surface area (Å²) in [6, 6.07) is 0. The van der Waals surface area contributed by atoms with E-state index in [-0.39, 0.29) is 12.1 Å². The van der Waals surface area contributed by atoms with E-state index >= 15 is 0 Å². The van der Waals surface area contributed by atoms with Crippen LogP contribution >= 0.6 is 0 Å². The van der Waals surface area contributed by atoms with Crippen LogP contribution in [0.5, 0.6) is 0 Å². The lowest BCUT2D eigenvalue weighted by molar-refractivity contribution is -0.151. The van der Waals surface area contributed by atoms with Crippen molar-refractivity contribution < 1.29 is 9.53 Å². The average molecular weight is 294 g/mol. The second-order valence-electron chi connectivity index (χ2n) is 7.35. The van der Waals surface area contributed by atoms with Crippen molar-refractivity contribution in [2.24, 2.45) is 17.8 Å². The zero-order chi connectivity index (χ0) is 15.1. The minimum atomic E-state index is 0.0148. The fourth-order valence-electron chi connectivity index (χ4n) is 4.48. The maximum Gasteiger partial charge on any atom is 0.306 e. The summed E-state index contributed by atoms with van der Waals surface area (Å²) < 4.78 is 5.58. The SMILES string of the molecule is CCCC(=O)OC1CCC([C@H]2CC[C@H](CCC)CC2)CC1. The molecule has 0 saturated heterocycles. The summed E-state index contributed by atoms with van der Waals surface area (Å²) in [5, 5.41) is 0. The Bertz CT molecular complexity index is 297. The molecule has 0 radical (unpaired) electrons. The number of ether oxygens (including phenoxy) is 1. The first-order chi connectivity index (χ1) is 10.2. The number of carbonyl (C=O) groups is 1. The van der Waals surface area contributed by atoms with Crippen molar-refractivity contribution in [3.8, 4) is 0 Å². The summed E-state index contributed by atoms with van der Waals surface area (Å²) in [6.45, 7) is 4.35. The van der Waals surface area contributed by atoms with Crippen molar-refractivity contribution >= 4 is 5.97 Å². The van der Waals surface area contributed by atoms with E-state index in [1.54, 1.807) is 0 Å². The van der Waals surface area contributed by atoms with Crippen LogP contribution < -0.4 is 0 Å². The van der Waals surface area contributed by atoms with Crippen LogP contribution in [0, 0.1) is 17.8 Å². The first-order valence-electron chi connectivity index (χ1n) is 9.42. The molecule has 0 atom stereocenters. The maximum atomic E-state index is 11.6. The Labute approximate surface area is 131 Å². The fraction of sp³-hybridized carbons (Fsp3) is 0.947. The average Bonchev–Trinajstić information content (AvgIpc) is 2.49. The normalized spacial score (nSPS) is 33.6. The Hall–Kier alpha value is -0.530. The Balaban J connectivity index is 1.66. The molecule has 122 valence electrons. The van der Waals surface area contributed by atoms with Crippen LogP contribution in [0.3, 0.4) is 0 Å². The number of hydrogen-bond donors (Lipinski definition) is 0. The van der Waals surface area contributed by atoms with Crippen molar-refractivity contribution in [2.45, 2.75) is 97.0 Å². The minimum Gasteiger partial charge on any atom is -0.462 e. The summed E-state index contributed by atoms with van der Waals surface area (Å²) in [4.78, 5) is 11.6. The number of rotatable bonds is 6. The van der Waals surface area contributed by atoms with Crippen LogP contribution in [0.25, 0.3) is 0 Å². The topological polar surface area (TPSA) is 26.3 Å². The molecule has 2 fully saturated rings. The van der Waals surface area contributed by atoms with Crippen molar-refractivity contribution in [2.75, 3.05) is 0 Å². The van der Waals surface area contributed by atoms with Crippen molar-refractivity contribution in [1.82, 2.24) is 0 Å². The predicted molar refractivity (Wildman–Crippen MR) is 87.1 cm³/mol. The van der Waals surface area contributed by atoms with Gasteiger partial charge < -0.3 is 4.74 Å². The summed E-state index contributed by atoms with van der Waals surface area (Å²) >= 11 is 0. The molecule has 0 spiro atoms. The van der Waals surface area contributed by atoms with Crippen LogP contribution in [0.15, 0.2) is 0 Å². The van der Waals surface area contributed by atoms with Gasteiger partial charge >= 0.3 is 5.97 Å². The molecule has 2 rings (SSSR count). The van der Waals surface area contributed by atoms with E-state index in [0.717, 1.165) is 37.0 Å². The zero-order valence-electron chi connectivity index (χ0n) is 14.1. The molecule has 0 aromatic heterocycles. The van der Waals surface area contributed by atoms with Crippen LogP contribution in [-0.2, 0) is 9.53 Å². The number of hydrogen-bond acceptors (Lipinski definition) is 2. The van der Waals surface area contributed by atoms with Gasteiger partial charge in [-0.05, 0) is 62.7 Å². The summed E-state index contributed by atoms with van der Waals surface area (Å²) in [5.41, 5.74) is 0. The monoisotopic (exact) mass is 294 g/mol. The van der Waals surface area contributed by atoms with Crippen molar-refractivity contribution in [3.05, 3.63) is 0 Å². The van der Waals surface area contributed by atoms with Gasteiger partial charge in [-0.15, -0.1) is 0 Å². The van der Waals surface area contributed by atoms with Gasteiger partial charge in [0, 0.05) is 6.42 Å². The Morgan fingerprint density at radius 2 is 1.43 bits per heavy atom. The van der Waals surface area contributed by atoms with Gasteiger partial charge in [0.25, 0.3) is 0 Å². The van der Waals surface area contributed by atoms with E-state index in [1.807, 2.05) is 6.92 Å². The van der Waals surface area contributed by atoms with Crippen molar-refractivity contribution in [3.63, 3.8) is 0 Å². The molecule has 2 nitrogen and oxygen atoms in total. The lowest BCUT2D eigenvalue weighted by Crippen LogP contribution is -2.29. The molecular formula is C19H34O2. The lowest BCUT2D eigenvalue weighted by Gasteiger charge is -2.37. The number of carbonyl (C=O) groups excluding carboxylic acids is 1. The molecule has 0 unspecified atom stereocenters. The summed E-state index contributed by atoms with van der Waals surface area (Å²) in [5.74, 6) is 2.90. The third-order valence-corrected chi connectivity index (χ3v) is 5.73. The second kappa shape index (κ2) is 8.80. The van der Waals surface area contributed by atoms with E-state index < -0.39 is 0 Å². The minimum absolute atomic E-state index is 0.0148. The van der Waals surface area contributed by atoms with Crippen LogP contribution in [0.1, 0.15) is 90.9 Å². The van der Waals surface area contributed by atoms with E-state index in [4.69, 9.17) is 4.74 Å². The molecule has 0 aromatic carbocycles. The molecule has 2 saturated carbocycles. The predicted octanol–water partition coefficient (Wildman–Crippen LogP) is 5.50. The highest BCUT2D eigenvalue weighted by Crippen LogP contribution is 2.41. The largest absolute Gasteiger partial charge is 0.462 e. The molecule has 0 bridgehead atoms. The molecule has 0 heterocycles. The highest BCUT2D eigenvalue weighted by atomic mass is 16.5. The maximum absolute atomic E-state index is 11.6. The second-order valence-corrected chi connectivity index (χ2v) is 7.35. The zero-order valence-corrected chi connectivity index (χ0v) is 14.1. The molecule has 21 heavy (non-hydrogen) atoms. The van der Waals surface area contributed by atoms with E-state index in [9.17, 15) is 4.79 Å². The molecule has 2 aliphatic rings. The highest BCUT2D eigenvalue weighted by Gasteiger charge is 2.31. The van der Waals surface area contributed by atoms with Crippen LogP contribution in [0.2, 0.25) is 0 Å². The first-order valence-corrected chi connectivity index (χ1v) is 9.42. The van der Waals surface area contributed by atoms with Gasteiger partial charge in [0.1, 0.15) is 6.10 Å². The fourth-order valence-corrected chi connectivity index (χ4v) is 4.48. The molecule has 0 aliphatic heterocycles. The Kier molecular flexibility index (Phi) is 7.06. The summed E-state index contributed by atoms with van der Waals surface area (Å²) in [7, 11) is 0. The third kappa shape index (κ3) is 5.30. The molecule has 0 amide bonds. The van der Waals surface area contributed by atoms with Gasteiger partial charge in [0.05, 0.1) is 0 Å². The quantitative estimate of drug-likeness (QED) is 0.605. The van der Waals surface area contributed by atoms with Crippen molar-refractivity contribution in [1.29, 1.82) is 0 Å². The standard InChI is InChI=1S/C19H34O2/c1-3-5-15-7-9-16(10-8-15)17-11-13-18(14-12-17)21-19(20)6-4-2/h15-18H,3-14H2,1-2H3/t15-,16-,17?,18?. The van der Waals surface area contributed by atoms with E-state index in [2.05, 4.69) is 6.92 Å². The molecule has 2 aliphatic carbocycles. The van der Waals surface area contributed by atoms with Gasteiger partial charge in [0.2, 0.25) is 0 Å². The van der Waals surface area contributed by atoms with E-state index in [1.165, 1.54) is 51.4 Å².